The van der Waals surface area contributed by atoms with E-state index in [1.807, 2.05) is 37.5 Å². The van der Waals surface area contributed by atoms with Gasteiger partial charge < -0.3 is 5.73 Å². The summed E-state index contributed by atoms with van der Waals surface area (Å²) in [6, 6.07) is 9.88. The fourth-order valence-electron chi connectivity index (χ4n) is 2.15. The highest BCUT2D eigenvalue weighted by Gasteiger charge is 2.14. The number of hydrogen-bond acceptors (Lipinski definition) is 3. The molecule has 0 fully saturated rings. The Hall–Kier alpha value is -2.20. The van der Waals surface area contributed by atoms with Crippen molar-refractivity contribution in [3.63, 3.8) is 0 Å². The molecule has 4 heteroatoms. The van der Waals surface area contributed by atoms with Crippen LogP contribution in [0.5, 0.6) is 0 Å². The van der Waals surface area contributed by atoms with Gasteiger partial charge in [0.1, 0.15) is 0 Å². The molecule has 2 heterocycles. The van der Waals surface area contributed by atoms with Gasteiger partial charge in [0.15, 0.2) is 0 Å². The van der Waals surface area contributed by atoms with Crippen LogP contribution in [0.4, 0.5) is 0 Å². The molecular weight excluding hydrogens is 224 g/mol. The lowest BCUT2D eigenvalue weighted by Crippen LogP contribution is -2.13. The first-order chi connectivity index (χ1) is 8.75. The van der Waals surface area contributed by atoms with E-state index in [4.69, 9.17) is 5.73 Å². The van der Waals surface area contributed by atoms with Crippen LogP contribution >= 0.6 is 0 Å². The van der Waals surface area contributed by atoms with Gasteiger partial charge in [-0.1, -0.05) is 24.3 Å². The molecule has 0 spiro atoms. The standard InChI is InChI=1S/C14H14N4/c1-18-9-11(8-17-18)13(15)14-12-5-3-2-4-10(12)6-7-16-14/h2-9,13H,15H2,1H3. The highest BCUT2D eigenvalue weighted by atomic mass is 15.2. The van der Waals surface area contributed by atoms with Gasteiger partial charge in [0.2, 0.25) is 0 Å². The van der Waals surface area contributed by atoms with E-state index in [0.29, 0.717) is 0 Å². The van der Waals surface area contributed by atoms with Gasteiger partial charge in [0.05, 0.1) is 17.9 Å². The lowest BCUT2D eigenvalue weighted by Gasteiger charge is -2.11. The molecule has 0 aliphatic carbocycles. The summed E-state index contributed by atoms with van der Waals surface area (Å²) in [6.07, 6.45) is 5.51. The second-order valence-electron chi connectivity index (χ2n) is 4.34. The van der Waals surface area contributed by atoms with E-state index in [0.717, 1.165) is 22.0 Å². The summed E-state index contributed by atoms with van der Waals surface area (Å²) in [5.74, 6) is 0. The van der Waals surface area contributed by atoms with Gasteiger partial charge in [0, 0.05) is 30.4 Å². The molecule has 0 radical (unpaired) electrons. The van der Waals surface area contributed by atoms with Gasteiger partial charge in [-0.2, -0.15) is 5.10 Å². The Balaban J connectivity index is 2.14. The second kappa shape index (κ2) is 4.23. The molecule has 18 heavy (non-hydrogen) atoms. The summed E-state index contributed by atoms with van der Waals surface area (Å²) < 4.78 is 1.75. The molecule has 1 aromatic carbocycles. The Kier molecular flexibility index (Phi) is 2.57. The maximum Gasteiger partial charge on any atom is 0.0763 e. The largest absolute Gasteiger partial charge is 0.319 e. The van der Waals surface area contributed by atoms with Crippen molar-refractivity contribution in [2.24, 2.45) is 12.8 Å². The van der Waals surface area contributed by atoms with Gasteiger partial charge in [-0.05, 0) is 11.5 Å². The Morgan fingerprint density at radius 2 is 2.06 bits per heavy atom. The normalized spacial score (nSPS) is 12.8. The third-order valence-corrected chi connectivity index (χ3v) is 3.08. The number of nitrogens with two attached hydrogens (primary N) is 1. The monoisotopic (exact) mass is 238 g/mol. The van der Waals surface area contributed by atoms with Crippen molar-refractivity contribution in [2.75, 3.05) is 0 Å². The van der Waals surface area contributed by atoms with E-state index in [-0.39, 0.29) is 6.04 Å². The third-order valence-electron chi connectivity index (χ3n) is 3.08. The van der Waals surface area contributed by atoms with Crippen molar-refractivity contribution >= 4 is 10.8 Å². The predicted molar refractivity (Wildman–Crippen MR) is 71.0 cm³/mol. The SMILES string of the molecule is Cn1cc(C(N)c2nccc3ccccc23)cn1. The first kappa shape index (κ1) is 10.9. The Morgan fingerprint density at radius 3 is 2.83 bits per heavy atom. The number of fused-ring (bicyclic) bond motifs is 1. The Bertz CT molecular complexity index is 682. The number of nitrogens with zero attached hydrogens (tertiary/aromatic N) is 3. The van der Waals surface area contributed by atoms with Crippen LogP contribution in [0.1, 0.15) is 17.3 Å². The molecule has 0 bridgehead atoms. The van der Waals surface area contributed by atoms with Gasteiger partial charge in [0.25, 0.3) is 0 Å². The number of aromatic nitrogens is 3. The molecule has 1 atom stereocenters. The average molecular weight is 238 g/mol. The maximum absolute atomic E-state index is 6.28. The van der Waals surface area contributed by atoms with E-state index < -0.39 is 0 Å². The smallest absolute Gasteiger partial charge is 0.0763 e. The molecule has 0 amide bonds. The topological polar surface area (TPSA) is 56.7 Å². The first-order valence-electron chi connectivity index (χ1n) is 5.83. The molecule has 3 aromatic rings. The van der Waals surface area contributed by atoms with Crippen LogP contribution in [0.25, 0.3) is 10.8 Å². The van der Waals surface area contributed by atoms with Gasteiger partial charge in [-0.15, -0.1) is 0 Å². The molecule has 0 saturated carbocycles. The first-order valence-corrected chi connectivity index (χ1v) is 5.83. The number of aryl methyl sites for hydroxylation is 1. The van der Waals surface area contributed by atoms with Crippen LogP contribution in [0.2, 0.25) is 0 Å². The minimum atomic E-state index is -0.246. The Labute approximate surface area is 105 Å². The zero-order valence-electron chi connectivity index (χ0n) is 10.1. The third kappa shape index (κ3) is 1.76. The summed E-state index contributed by atoms with van der Waals surface area (Å²) >= 11 is 0. The molecule has 4 nitrogen and oxygen atoms in total. The highest BCUT2D eigenvalue weighted by Crippen LogP contribution is 2.24. The molecule has 0 aliphatic heterocycles. The predicted octanol–water partition coefficient (Wildman–Crippen LogP) is 2.02. The van der Waals surface area contributed by atoms with Crippen LogP contribution in [0.15, 0.2) is 48.9 Å². The van der Waals surface area contributed by atoms with Crippen LogP contribution in [-0.4, -0.2) is 14.8 Å². The molecule has 90 valence electrons. The van der Waals surface area contributed by atoms with E-state index in [1.165, 1.54) is 0 Å². The summed E-state index contributed by atoms with van der Waals surface area (Å²) in [4.78, 5) is 4.43. The number of hydrogen-bond donors (Lipinski definition) is 1. The zero-order chi connectivity index (χ0) is 12.5. The van der Waals surface area contributed by atoms with Gasteiger partial charge in [-0.3, -0.25) is 9.67 Å². The summed E-state index contributed by atoms with van der Waals surface area (Å²) in [5.41, 5.74) is 8.14. The lowest BCUT2D eigenvalue weighted by molar-refractivity contribution is 0.764. The van der Waals surface area contributed by atoms with Gasteiger partial charge in [-0.25, -0.2) is 0 Å². The van der Waals surface area contributed by atoms with Crippen LogP contribution in [-0.2, 0) is 7.05 Å². The zero-order valence-corrected chi connectivity index (χ0v) is 10.1. The Morgan fingerprint density at radius 1 is 1.22 bits per heavy atom. The number of rotatable bonds is 2. The highest BCUT2D eigenvalue weighted by molar-refractivity contribution is 5.84. The van der Waals surface area contributed by atoms with Gasteiger partial charge >= 0.3 is 0 Å². The quantitative estimate of drug-likeness (QED) is 0.743. The van der Waals surface area contributed by atoms with E-state index in [2.05, 4.69) is 16.1 Å². The molecule has 2 N–H and O–H groups in total. The fraction of sp³-hybridized carbons (Fsp3) is 0.143. The maximum atomic E-state index is 6.28. The van der Waals surface area contributed by atoms with Crippen molar-refractivity contribution in [1.29, 1.82) is 0 Å². The molecule has 0 saturated heterocycles. The van der Waals surface area contributed by atoms with E-state index in [1.54, 1.807) is 17.1 Å². The molecular formula is C14H14N4. The number of pyridine rings is 1. The second-order valence-corrected chi connectivity index (χ2v) is 4.34. The summed E-state index contributed by atoms with van der Waals surface area (Å²) in [7, 11) is 1.88. The summed E-state index contributed by atoms with van der Waals surface area (Å²) in [6.45, 7) is 0. The van der Waals surface area contributed by atoms with Crippen molar-refractivity contribution < 1.29 is 0 Å². The molecule has 3 rings (SSSR count). The van der Waals surface area contributed by atoms with Crippen LogP contribution in [0, 0.1) is 0 Å². The van der Waals surface area contributed by atoms with Crippen molar-refractivity contribution in [3.05, 3.63) is 60.2 Å². The fourth-order valence-corrected chi connectivity index (χ4v) is 2.15. The van der Waals surface area contributed by atoms with Crippen molar-refractivity contribution in [1.82, 2.24) is 14.8 Å². The van der Waals surface area contributed by atoms with Crippen LogP contribution < -0.4 is 5.73 Å². The van der Waals surface area contributed by atoms with Crippen molar-refractivity contribution in [3.8, 4) is 0 Å². The lowest BCUT2D eigenvalue weighted by atomic mass is 10.0. The number of benzene rings is 1. The molecule has 2 aromatic heterocycles. The van der Waals surface area contributed by atoms with E-state index >= 15 is 0 Å². The summed E-state index contributed by atoms with van der Waals surface area (Å²) in [5, 5.41) is 6.40. The molecule has 0 aliphatic rings. The minimum Gasteiger partial charge on any atom is -0.319 e. The van der Waals surface area contributed by atoms with Crippen LogP contribution in [0.3, 0.4) is 0 Å². The van der Waals surface area contributed by atoms with E-state index in [9.17, 15) is 0 Å². The van der Waals surface area contributed by atoms with Crippen molar-refractivity contribution in [2.45, 2.75) is 6.04 Å². The average Bonchev–Trinajstić information content (AvgIpc) is 2.84. The minimum absolute atomic E-state index is 0.246. The molecule has 1 unspecified atom stereocenters.